The summed E-state index contributed by atoms with van der Waals surface area (Å²) in [5.41, 5.74) is 0. The number of carbonyl (C=O) groups is 1. The van der Waals surface area contributed by atoms with E-state index in [-0.39, 0.29) is 5.78 Å². The van der Waals surface area contributed by atoms with Gasteiger partial charge in [-0.2, -0.15) is 0 Å². The first-order valence-corrected chi connectivity index (χ1v) is 3.42. The van der Waals surface area contributed by atoms with Crippen LogP contribution in [0.2, 0.25) is 0 Å². The molecule has 0 aromatic carbocycles. The number of rotatable bonds is 0. The Morgan fingerprint density at radius 1 is 1.50 bits per heavy atom. The summed E-state index contributed by atoms with van der Waals surface area (Å²) >= 11 is 1.53. The lowest BCUT2D eigenvalue weighted by atomic mass is 10.4. The number of hydrogen-bond donors (Lipinski definition) is 0. The van der Waals surface area contributed by atoms with Crippen LogP contribution in [0.3, 0.4) is 0 Å². The van der Waals surface area contributed by atoms with Gasteiger partial charge in [0.15, 0.2) is 5.78 Å². The minimum Gasteiger partial charge on any atom is -0.294 e. The number of allylic oxidation sites excluding steroid dienone is 3. The molecule has 0 aliphatic carbocycles. The summed E-state index contributed by atoms with van der Waals surface area (Å²) in [7, 11) is 0. The molecule has 8 heavy (non-hydrogen) atoms. The summed E-state index contributed by atoms with van der Waals surface area (Å²) in [5, 5.41) is 1.92. The highest BCUT2D eigenvalue weighted by Gasteiger charge is 1.94. The van der Waals surface area contributed by atoms with Crippen LogP contribution in [0.1, 0.15) is 0 Å². The quantitative estimate of drug-likeness (QED) is 0.487. The van der Waals surface area contributed by atoms with Crippen LogP contribution >= 0.6 is 11.8 Å². The van der Waals surface area contributed by atoms with Crippen molar-refractivity contribution in [2.45, 2.75) is 0 Å². The van der Waals surface area contributed by atoms with Crippen LogP contribution in [0, 0.1) is 0 Å². The van der Waals surface area contributed by atoms with E-state index in [4.69, 9.17) is 0 Å². The SMILES string of the molecule is O=C1C=CC=CSC1. The van der Waals surface area contributed by atoms with Crippen molar-refractivity contribution in [2.24, 2.45) is 0 Å². The molecule has 0 radical (unpaired) electrons. The molecule has 1 nitrogen and oxygen atoms in total. The van der Waals surface area contributed by atoms with E-state index in [9.17, 15) is 4.79 Å². The van der Waals surface area contributed by atoms with Gasteiger partial charge in [-0.25, -0.2) is 0 Å². The van der Waals surface area contributed by atoms with Crippen LogP contribution in [0.5, 0.6) is 0 Å². The van der Waals surface area contributed by atoms with Gasteiger partial charge in [-0.3, -0.25) is 4.79 Å². The van der Waals surface area contributed by atoms with E-state index < -0.39 is 0 Å². The Labute approximate surface area is 52.5 Å². The Bertz CT molecular complexity index is 147. The monoisotopic (exact) mass is 126 g/mol. The third-order valence-electron chi connectivity index (χ3n) is 0.794. The van der Waals surface area contributed by atoms with Gasteiger partial charge in [0.2, 0.25) is 0 Å². The second kappa shape index (κ2) is 2.72. The summed E-state index contributed by atoms with van der Waals surface area (Å²) in [4.78, 5) is 10.5. The molecule has 0 saturated carbocycles. The molecular weight excluding hydrogens is 120 g/mol. The van der Waals surface area contributed by atoms with E-state index in [0.717, 1.165) is 0 Å². The maximum Gasteiger partial charge on any atom is 0.165 e. The normalized spacial score (nSPS) is 18.8. The molecule has 0 aromatic rings. The average molecular weight is 126 g/mol. The Morgan fingerprint density at radius 2 is 2.38 bits per heavy atom. The first-order chi connectivity index (χ1) is 3.89. The van der Waals surface area contributed by atoms with Crippen molar-refractivity contribution in [1.29, 1.82) is 0 Å². The first kappa shape index (κ1) is 5.63. The maximum absolute atomic E-state index is 10.5. The molecule has 1 heterocycles. The van der Waals surface area contributed by atoms with Crippen molar-refractivity contribution in [2.75, 3.05) is 5.75 Å². The zero-order chi connectivity index (χ0) is 5.82. The number of ketones is 1. The first-order valence-electron chi connectivity index (χ1n) is 2.37. The Hall–Kier alpha value is -0.500. The predicted octanol–water partition coefficient (Wildman–Crippen LogP) is 1.37. The van der Waals surface area contributed by atoms with Gasteiger partial charge in [0.25, 0.3) is 0 Å². The molecule has 0 spiro atoms. The van der Waals surface area contributed by atoms with Crippen LogP contribution in [-0.4, -0.2) is 11.5 Å². The second-order valence-electron chi connectivity index (χ2n) is 1.46. The van der Waals surface area contributed by atoms with E-state index in [0.29, 0.717) is 5.75 Å². The van der Waals surface area contributed by atoms with Crippen LogP contribution in [0.4, 0.5) is 0 Å². The van der Waals surface area contributed by atoms with Gasteiger partial charge in [0, 0.05) is 0 Å². The van der Waals surface area contributed by atoms with Gasteiger partial charge in [0.05, 0.1) is 5.75 Å². The smallest absolute Gasteiger partial charge is 0.165 e. The highest BCUT2D eigenvalue weighted by molar-refractivity contribution is 8.02. The van der Waals surface area contributed by atoms with E-state index in [2.05, 4.69) is 0 Å². The van der Waals surface area contributed by atoms with Crippen molar-refractivity contribution in [1.82, 2.24) is 0 Å². The summed E-state index contributed by atoms with van der Waals surface area (Å²) in [5.74, 6) is 0.785. The average Bonchev–Trinajstić information content (AvgIpc) is 1.94. The van der Waals surface area contributed by atoms with E-state index >= 15 is 0 Å². The van der Waals surface area contributed by atoms with Gasteiger partial charge >= 0.3 is 0 Å². The van der Waals surface area contributed by atoms with Crippen molar-refractivity contribution < 1.29 is 4.79 Å². The van der Waals surface area contributed by atoms with Crippen LogP contribution < -0.4 is 0 Å². The zero-order valence-electron chi connectivity index (χ0n) is 4.33. The molecule has 0 amide bonds. The van der Waals surface area contributed by atoms with Crippen molar-refractivity contribution in [3.05, 3.63) is 23.6 Å². The fourth-order valence-corrected chi connectivity index (χ4v) is 1.00. The van der Waals surface area contributed by atoms with Crippen LogP contribution in [-0.2, 0) is 4.79 Å². The number of thioether (sulfide) groups is 1. The largest absolute Gasteiger partial charge is 0.294 e. The third-order valence-corrected chi connectivity index (χ3v) is 1.59. The highest BCUT2D eigenvalue weighted by atomic mass is 32.2. The van der Waals surface area contributed by atoms with Gasteiger partial charge in [0.1, 0.15) is 0 Å². The zero-order valence-corrected chi connectivity index (χ0v) is 5.15. The molecule has 0 saturated heterocycles. The Balaban J connectivity index is 2.58. The molecule has 42 valence electrons. The summed E-state index contributed by atoms with van der Waals surface area (Å²) in [6.07, 6.45) is 5.23. The van der Waals surface area contributed by atoms with E-state index in [1.807, 2.05) is 11.5 Å². The maximum atomic E-state index is 10.5. The van der Waals surface area contributed by atoms with Gasteiger partial charge < -0.3 is 0 Å². The summed E-state index contributed by atoms with van der Waals surface area (Å²) in [6.45, 7) is 0. The topological polar surface area (TPSA) is 17.1 Å². The number of carbonyl (C=O) groups excluding carboxylic acids is 1. The molecule has 0 bridgehead atoms. The third kappa shape index (κ3) is 1.54. The highest BCUT2D eigenvalue weighted by Crippen LogP contribution is 2.05. The molecule has 2 heteroatoms. The molecule has 1 aliphatic rings. The predicted molar refractivity (Wildman–Crippen MR) is 35.7 cm³/mol. The minimum absolute atomic E-state index is 0.194. The molecule has 0 unspecified atom stereocenters. The summed E-state index contributed by atoms with van der Waals surface area (Å²) < 4.78 is 0. The Kier molecular flexibility index (Phi) is 1.92. The number of hydrogen-bond acceptors (Lipinski definition) is 2. The van der Waals surface area contributed by atoms with Crippen LogP contribution in [0.15, 0.2) is 23.6 Å². The molecule has 0 fully saturated rings. The fourth-order valence-electron chi connectivity index (χ4n) is 0.442. The van der Waals surface area contributed by atoms with Gasteiger partial charge in [-0.1, -0.05) is 12.2 Å². The molecule has 0 atom stereocenters. The fraction of sp³-hybridized carbons (Fsp3) is 0.167. The van der Waals surface area contributed by atoms with Crippen molar-refractivity contribution in [3.63, 3.8) is 0 Å². The van der Waals surface area contributed by atoms with Crippen molar-refractivity contribution >= 4 is 17.5 Å². The molecule has 0 N–H and O–H groups in total. The second-order valence-corrected chi connectivity index (χ2v) is 2.36. The molecular formula is C6H6OS. The summed E-state index contributed by atoms with van der Waals surface area (Å²) in [6, 6.07) is 0. The molecule has 1 aliphatic heterocycles. The van der Waals surface area contributed by atoms with E-state index in [1.54, 1.807) is 12.2 Å². The lowest BCUT2D eigenvalue weighted by Crippen LogP contribution is -1.92. The molecule has 1 rings (SSSR count). The lowest BCUT2D eigenvalue weighted by Gasteiger charge is -1.82. The standard InChI is InChI=1S/C6H6OS/c7-6-3-1-2-4-8-5-6/h1-4H,5H2. The minimum atomic E-state index is 0.194. The van der Waals surface area contributed by atoms with Crippen LogP contribution in [0.25, 0.3) is 0 Å². The lowest BCUT2D eigenvalue weighted by molar-refractivity contribution is -0.112. The van der Waals surface area contributed by atoms with Gasteiger partial charge in [-0.05, 0) is 11.5 Å². The van der Waals surface area contributed by atoms with Crippen molar-refractivity contribution in [3.8, 4) is 0 Å². The van der Waals surface area contributed by atoms with E-state index in [1.165, 1.54) is 11.8 Å². The molecule has 0 aromatic heterocycles. The van der Waals surface area contributed by atoms with Gasteiger partial charge in [-0.15, -0.1) is 11.8 Å². The Morgan fingerprint density at radius 3 is 3.25 bits per heavy atom.